The molecule has 9 heteroatoms. The van der Waals surface area contributed by atoms with Crippen LogP contribution in [0.5, 0.6) is 0 Å². The number of nitriles is 1. The van der Waals surface area contributed by atoms with Gasteiger partial charge in [0.05, 0.1) is 37.1 Å². The molecule has 8 nitrogen and oxygen atoms in total. The number of carbonyl (C=O) groups is 2. The minimum absolute atomic E-state index is 0.195. The summed E-state index contributed by atoms with van der Waals surface area (Å²) in [5.41, 5.74) is 0.960. The molecule has 0 spiro atoms. The van der Waals surface area contributed by atoms with E-state index in [0.29, 0.717) is 30.4 Å². The lowest BCUT2D eigenvalue weighted by atomic mass is 9.92. The minimum Gasteiger partial charge on any atom is -0.442 e. The Bertz CT molecular complexity index is 873. The average Bonchev–Trinajstić information content (AvgIpc) is 3.30. The highest BCUT2D eigenvalue weighted by molar-refractivity contribution is 5.90. The number of halogens is 1. The smallest absolute Gasteiger partial charge is 0.414 e. The summed E-state index contributed by atoms with van der Waals surface area (Å²) in [6.07, 6.45) is 1.15. The zero-order chi connectivity index (χ0) is 21.3. The highest BCUT2D eigenvalue weighted by atomic mass is 19.1. The van der Waals surface area contributed by atoms with Gasteiger partial charge in [0.2, 0.25) is 5.91 Å². The summed E-state index contributed by atoms with van der Waals surface area (Å²) >= 11 is 0. The summed E-state index contributed by atoms with van der Waals surface area (Å²) in [7, 11) is 0. The molecule has 4 rings (SSSR count). The second-order valence-corrected chi connectivity index (χ2v) is 8.19. The lowest BCUT2D eigenvalue weighted by molar-refractivity contribution is -0.119. The number of carbonyl (C=O) groups excluding carboxylic acids is 2. The number of nitrogens with zero attached hydrogens (tertiary/aromatic N) is 4. The van der Waals surface area contributed by atoms with E-state index in [9.17, 15) is 9.59 Å². The summed E-state index contributed by atoms with van der Waals surface area (Å²) in [5, 5.41) is 11.7. The van der Waals surface area contributed by atoms with E-state index >= 15 is 4.39 Å². The van der Waals surface area contributed by atoms with E-state index in [4.69, 9.17) is 10.00 Å². The number of ether oxygens (including phenoxy) is 1. The van der Waals surface area contributed by atoms with Gasteiger partial charge >= 0.3 is 6.09 Å². The normalized spacial score (nSPS) is 26.3. The topological polar surface area (TPSA) is 88.9 Å². The van der Waals surface area contributed by atoms with Crippen molar-refractivity contribution in [2.24, 2.45) is 5.92 Å². The van der Waals surface area contributed by atoms with Gasteiger partial charge in [0.15, 0.2) is 0 Å². The molecule has 0 aliphatic carbocycles. The number of fused-ring (bicyclic) bond motifs is 1. The quantitative estimate of drug-likeness (QED) is 0.737. The first-order valence-electron chi connectivity index (χ1n) is 10.3. The van der Waals surface area contributed by atoms with E-state index in [1.54, 1.807) is 12.1 Å². The van der Waals surface area contributed by atoms with Crippen molar-refractivity contribution in [3.8, 4) is 6.07 Å². The van der Waals surface area contributed by atoms with Gasteiger partial charge < -0.3 is 15.0 Å². The van der Waals surface area contributed by atoms with Crippen LogP contribution in [0.25, 0.3) is 0 Å². The Kier molecular flexibility index (Phi) is 5.77. The average molecular weight is 415 g/mol. The molecular formula is C21H26FN5O3. The SMILES string of the molecule is CC(=O)NC[C@H]1CN(c2ccc(N3C[C@H]4CCCN(CC#N)[C@H]4C3)c(F)c2)C(=O)O1. The number of likely N-dealkylation sites (tertiary alicyclic amines) is 1. The van der Waals surface area contributed by atoms with Crippen LogP contribution in [0, 0.1) is 23.1 Å². The summed E-state index contributed by atoms with van der Waals surface area (Å²) in [5.74, 6) is -0.134. The van der Waals surface area contributed by atoms with Gasteiger partial charge in [0.25, 0.3) is 0 Å². The van der Waals surface area contributed by atoms with Crippen LogP contribution in [0.4, 0.5) is 20.6 Å². The Hall–Kier alpha value is -2.86. The predicted molar refractivity (Wildman–Crippen MR) is 109 cm³/mol. The van der Waals surface area contributed by atoms with Gasteiger partial charge in [-0.1, -0.05) is 0 Å². The Morgan fingerprint density at radius 2 is 2.20 bits per heavy atom. The van der Waals surface area contributed by atoms with E-state index in [1.165, 1.54) is 17.9 Å². The van der Waals surface area contributed by atoms with Crippen molar-refractivity contribution in [3.63, 3.8) is 0 Å². The molecule has 1 aromatic rings. The van der Waals surface area contributed by atoms with Crippen molar-refractivity contribution < 1.29 is 18.7 Å². The van der Waals surface area contributed by atoms with Gasteiger partial charge in [-0.25, -0.2) is 9.18 Å². The predicted octanol–water partition coefficient (Wildman–Crippen LogP) is 1.71. The van der Waals surface area contributed by atoms with Crippen LogP contribution in [-0.4, -0.2) is 68.3 Å². The molecule has 1 N–H and O–H groups in total. The van der Waals surface area contributed by atoms with Crippen LogP contribution in [0.1, 0.15) is 19.8 Å². The molecule has 3 aliphatic heterocycles. The molecule has 0 radical (unpaired) electrons. The molecule has 0 aromatic heterocycles. The van der Waals surface area contributed by atoms with Gasteiger partial charge in [-0.2, -0.15) is 5.26 Å². The van der Waals surface area contributed by atoms with Crippen LogP contribution >= 0.6 is 0 Å². The highest BCUT2D eigenvalue weighted by Crippen LogP contribution is 2.35. The second-order valence-electron chi connectivity index (χ2n) is 8.19. The molecule has 30 heavy (non-hydrogen) atoms. The molecule has 2 amide bonds. The number of nitrogens with one attached hydrogen (secondary N) is 1. The molecule has 3 atom stereocenters. The molecular weight excluding hydrogens is 389 g/mol. The number of hydrogen-bond acceptors (Lipinski definition) is 6. The van der Waals surface area contributed by atoms with Crippen LogP contribution in [0.15, 0.2) is 18.2 Å². The maximum Gasteiger partial charge on any atom is 0.414 e. The zero-order valence-electron chi connectivity index (χ0n) is 17.0. The summed E-state index contributed by atoms with van der Waals surface area (Å²) in [6.45, 7) is 4.69. The van der Waals surface area contributed by atoms with E-state index in [0.717, 1.165) is 25.9 Å². The maximum atomic E-state index is 15.0. The Labute approximate surface area is 175 Å². The van der Waals surface area contributed by atoms with Crippen LogP contribution in [-0.2, 0) is 9.53 Å². The first-order valence-corrected chi connectivity index (χ1v) is 10.3. The molecule has 0 saturated carbocycles. The highest BCUT2D eigenvalue weighted by Gasteiger charge is 2.40. The monoisotopic (exact) mass is 415 g/mol. The Balaban J connectivity index is 1.45. The molecule has 3 fully saturated rings. The maximum absolute atomic E-state index is 15.0. The van der Waals surface area contributed by atoms with Crippen molar-refractivity contribution in [2.75, 3.05) is 49.1 Å². The fourth-order valence-corrected chi connectivity index (χ4v) is 4.77. The number of cyclic esters (lactones) is 1. The van der Waals surface area contributed by atoms with Crippen molar-refractivity contribution in [3.05, 3.63) is 24.0 Å². The number of benzene rings is 1. The van der Waals surface area contributed by atoms with Crippen molar-refractivity contribution in [2.45, 2.75) is 31.9 Å². The van der Waals surface area contributed by atoms with Crippen molar-refractivity contribution in [1.29, 1.82) is 5.26 Å². The van der Waals surface area contributed by atoms with Crippen LogP contribution < -0.4 is 15.1 Å². The number of amides is 2. The van der Waals surface area contributed by atoms with E-state index in [2.05, 4.69) is 16.3 Å². The van der Waals surface area contributed by atoms with E-state index in [1.807, 2.05) is 4.90 Å². The summed E-state index contributed by atoms with van der Waals surface area (Å²) < 4.78 is 20.3. The number of rotatable bonds is 5. The molecule has 0 bridgehead atoms. The van der Waals surface area contributed by atoms with Gasteiger partial charge in [-0.05, 0) is 43.5 Å². The summed E-state index contributed by atoms with van der Waals surface area (Å²) in [6, 6.07) is 7.33. The van der Waals surface area contributed by atoms with E-state index in [-0.39, 0.29) is 30.9 Å². The van der Waals surface area contributed by atoms with Gasteiger partial charge in [0.1, 0.15) is 11.9 Å². The molecule has 3 heterocycles. The lowest BCUT2D eigenvalue weighted by Gasteiger charge is -2.34. The van der Waals surface area contributed by atoms with Crippen LogP contribution in [0.3, 0.4) is 0 Å². The van der Waals surface area contributed by atoms with E-state index < -0.39 is 12.2 Å². The molecule has 3 saturated heterocycles. The van der Waals surface area contributed by atoms with Gasteiger partial charge in [0, 0.05) is 26.1 Å². The Morgan fingerprint density at radius 3 is 2.93 bits per heavy atom. The first kappa shape index (κ1) is 20.4. The summed E-state index contributed by atoms with van der Waals surface area (Å²) in [4.78, 5) is 28.9. The lowest BCUT2D eigenvalue weighted by Crippen LogP contribution is -2.45. The van der Waals surface area contributed by atoms with Gasteiger partial charge in [-0.3, -0.25) is 14.6 Å². The molecule has 0 unspecified atom stereocenters. The number of hydrogen-bond donors (Lipinski definition) is 1. The fourth-order valence-electron chi connectivity index (χ4n) is 4.77. The third-order valence-corrected chi connectivity index (χ3v) is 6.21. The largest absolute Gasteiger partial charge is 0.442 e. The fraction of sp³-hybridized carbons (Fsp3) is 0.571. The third kappa shape index (κ3) is 4.05. The van der Waals surface area contributed by atoms with Crippen molar-refractivity contribution in [1.82, 2.24) is 10.2 Å². The van der Waals surface area contributed by atoms with Crippen molar-refractivity contribution >= 4 is 23.4 Å². The zero-order valence-corrected chi connectivity index (χ0v) is 17.0. The Morgan fingerprint density at radius 1 is 1.37 bits per heavy atom. The first-order chi connectivity index (χ1) is 14.5. The molecule has 160 valence electrons. The minimum atomic E-state index is -0.545. The third-order valence-electron chi connectivity index (χ3n) is 6.21. The number of anilines is 2. The second kappa shape index (κ2) is 8.48. The molecule has 1 aromatic carbocycles. The van der Waals surface area contributed by atoms with Crippen LogP contribution in [0.2, 0.25) is 0 Å². The number of piperidine rings is 1. The van der Waals surface area contributed by atoms with Gasteiger partial charge in [-0.15, -0.1) is 0 Å². The molecule has 3 aliphatic rings. The standard InChI is InChI=1S/C21H26FN5O3/c1-14(28)24-10-17-12-27(21(29)30-17)16-4-5-19(18(22)9-16)26-11-15-3-2-7-25(8-6-23)20(15)13-26/h4-5,9,15,17,20H,2-3,7-8,10-13H2,1H3,(H,24,28)/t15-,17+,20+/m1/s1.